The Morgan fingerprint density at radius 3 is 2.58 bits per heavy atom. The molecule has 0 saturated carbocycles. The lowest BCUT2D eigenvalue weighted by Gasteiger charge is -2.22. The van der Waals surface area contributed by atoms with Crippen LogP contribution >= 0.6 is 0 Å². The predicted molar refractivity (Wildman–Crippen MR) is 114 cm³/mol. The van der Waals surface area contributed by atoms with E-state index in [0.29, 0.717) is 18.5 Å². The van der Waals surface area contributed by atoms with Gasteiger partial charge in [0.1, 0.15) is 12.1 Å². The van der Waals surface area contributed by atoms with Gasteiger partial charge in [-0.25, -0.2) is 4.79 Å². The Morgan fingerprint density at radius 1 is 1.10 bits per heavy atom. The molecule has 5 amide bonds. The number of anilines is 1. The molecule has 0 bridgehead atoms. The molecule has 2 N–H and O–H groups in total. The molecule has 8 heteroatoms. The third kappa shape index (κ3) is 4.01. The van der Waals surface area contributed by atoms with Gasteiger partial charge >= 0.3 is 6.03 Å². The summed E-state index contributed by atoms with van der Waals surface area (Å²) in [5, 5.41) is 5.44. The summed E-state index contributed by atoms with van der Waals surface area (Å²) in [7, 11) is 0. The van der Waals surface area contributed by atoms with Crippen molar-refractivity contribution in [3.63, 3.8) is 0 Å². The van der Waals surface area contributed by atoms with Crippen molar-refractivity contribution in [1.29, 1.82) is 0 Å². The maximum atomic E-state index is 12.9. The molecule has 8 nitrogen and oxygen atoms in total. The van der Waals surface area contributed by atoms with Gasteiger partial charge in [-0.05, 0) is 36.6 Å². The number of carbonyl (C=O) groups is 4. The highest BCUT2D eigenvalue weighted by molar-refractivity contribution is 6.09. The highest BCUT2D eigenvalue weighted by atomic mass is 16.2. The van der Waals surface area contributed by atoms with Crippen molar-refractivity contribution in [1.82, 2.24) is 15.5 Å². The van der Waals surface area contributed by atoms with Gasteiger partial charge in [0.15, 0.2) is 0 Å². The number of imide groups is 1. The SMILES string of the molecule is CC1(c2ccccc2)NC(=O)N(CC(=O)NCc2cccc(N3CCCC3=O)c2)C1=O. The van der Waals surface area contributed by atoms with Crippen LogP contribution in [0.1, 0.15) is 30.9 Å². The highest BCUT2D eigenvalue weighted by Gasteiger charge is 2.49. The zero-order valence-electron chi connectivity index (χ0n) is 17.3. The maximum absolute atomic E-state index is 12.9. The van der Waals surface area contributed by atoms with E-state index in [0.717, 1.165) is 22.6 Å². The molecule has 160 valence electrons. The van der Waals surface area contributed by atoms with Crippen LogP contribution in [0.3, 0.4) is 0 Å². The number of rotatable bonds is 6. The third-order valence-corrected chi connectivity index (χ3v) is 5.71. The summed E-state index contributed by atoms with van der Waals surface area (Å²) < 4.78 is 0. The van der Waals surface area contributed by atoms with Gasteiger partial charge in [-0.1, -0.05) is 42.5 Å². The largest absolute Gasteiger partial charge is 0.350 e. The number of nitrogens with one attached hydrogen (secondary N) is 2. The molecule has 1 atom stereocenters. The maximum Gasteiger partial charge on any atom is 0.325 e. The van der Waals surface area contributed by atoms with Crippen molar-refractivity contribution < 1.29 is 19.2 Å². The monoisotopic (exact) mass is 420 g/mol. The van der Waals surface area contributed by atoms with Gasteiger partial charge in [0.2, 0.25) is 11.8 Å². The Kier molecular flexibility index (Phi) is 5.46. The lowest BCUT2D eigenvalue weighted by Crippen LogP contribution is -2.43. The summed E-state index contributed by atoms with van der Waals surface area (Å²) in [4.78, 5) is 52.3. The number of hydrogen-bond acceptors (Lipinski definition) is 4. The fourth-order valence-corrected chi connectivity index (χ4v) is 3.96. The molecule has 2 aliphatic rings. The highest BCUT2D eigenvalue weighted by Crippen LogP contribution is 2.28. The number of nitrogens with zero attached hydrogens (tertiary/aromatic N) is 2. The normalized spacial score (nSPS) is 20.9. The van der Waals surface area contributed by atoms with Crippen molar-refractivity contribution in [2.24, 2.45) is 0 Å². The van der Waals surface area contributed by atoms with E-state index in [1.54, 1.807) is 36.1 Å². The van der Waals surface area contributed by atoms with Crippen molar-refractivity contribution in [3.8, 4) is 0 Å². The molecular formula is C23H24N4O4. The molecule has 4 rings (SSSR count). The summed E-state index contributed by atoms with van der Waals surface area (Å²) in [6.45, 7) is 2.19. The van der Waals surface area contributed by atoms with Gasteiger partial charge in [0.25, 0.3) is 5.91 Å². The molecule has 2 saturated heterocycles. The second-order valence-corrected chi connectivity index (χ2v) is 7.91. The Bertz CT molecular complexity index is 1040. The minimum Gasteiger partial charge on any atom is -0.350 e. The fraction of sp³-hybridized carbons (Fsp3) is 0.304. The van der Waals surface area contributed by atoms with E-state index in [1.807, 2.05) is 30.3 Å². The molecule has 2 aromatic carbocycles. The summed E-state index contributed by atoms with van der Waals surface area (Å²) >= 11 is 0. The number of hydrogen-bond donors (Lipinski definition) is 2. The first-order chi connectivity index (χ1) is 14.9. The third-order valence-electron chi connectivity index (χ3n) is 5.71. The summed E-state index contributed by atoms with van der Waals surface area (Å²) in [6.07, 6.45) is 1.39. The Labute approximate surface area is 180 Å². The minimum absolute atomic E-state index is 0.0983. The van der Waals surface area contributed by atoms with Gasteiger partial charge in [-0.3, -0.25) is 19.3 Å². The van der Waals surface area contributed by atoms with Gasteiger partial charge < -0.3 is 15.5 Å². The molecule has 0 aliphatic carbocycles. The fourth-order valence-electron chi connectivity index (χ4n) is 3.96. The Hall–Kier alpha value is -3.68. The smallest absolute Gasteiger partial charge is 0.325 e. The lowest BCUT2D eigenvalue weighted by molar-refractivity contribution is -0.134. The molecule has 2 aromatic rings. The van der Waals surface area contributed by atoms with Gasteiger partial charge in [-0.2, -0.15) is 0 Å². The summed E-state index contributed by atoms with van der Waals surface area (Å²) in [5.41, 5.74) is 1.10. The molecule has 0 radical (unpaired) electrons. The van der Waals surface area contributed by atoms with Crippen LogP contribution in [0.5, 0.6) is 0 Å². The molecular weight excluding hydrogens is 396 g/mol. The quantitative estimate of drug-likeness (QED) is 0.698. The van der Waals surface area contributed by atoms with Crippen LogP contribution in [-0.2, 0) is 26.5 Å². The van der Waals surface area contributed by atoms with Crippen molar-refractivity contribution in [3.05, 3.63) is 65.7 Å². The molecule has 31 heavy (non-hydrogen) atoms. The predicted octanol–water partition coefficient (Wildman–Crippen LogP) is 1.90. The van der Waals surface area contributed by atoms with Gasteiger partial charge in [0, 0.05) is 25.2 Å². The van der Waals surface area contributed by atoms with Crippen LogP contribution < -0.4 is 15.5 Å². The van der Waals surface area contributed by atoms with Crippen molar-refractivity contribution >= 4 is 29.4 Å². The van der Waals surface area contributed by atoms with Gasteiger partial charge in [-0.15, -0.1) is 0 Å². The first kappa shape index (κ1) is 20.6. The van der Waals surface area contributed by atoms with E-state index < -0.39 is 23.4 Å². The standard InChI is InChI=1S/C23H24N4O4/c1-23(17-8-3-2-4-9-17)21(30)27(22(31)25-23)15-19(28)24-14-16-7-5-10-18(13-16)26-12-6-11-20(26)29/h2-5,7-10,13H,6,11-12,14-15H2,1H3,(H,24,28)(H,25,31). The van der Waals surface area contributed by atoms with Crippen LogP contribution in [-0.4, -0.2) is 41.7 Å². The van der Waals surface area contributed by atoms with E-state index in [2.05, 4.69) is 10.6 Å². The minimum atomic E-state index is -1.20. The summed E-state index contributed by atoms with van der Waals surface area (Å²) in [5.74, 6) is -0.807. The van der Waals surface area contributed by atoms with E-state index >= 15 is 0 Å². The average Bonchev–Trinajstić information content (AvgIpc) is 3.30. The van der Waals surface area contributed by atoms with E-state index in [4.69, 9.17) is 0 Å². The van der Waals surface area contributed by atoms with Crippen LogP contribution in [0.2, 0.25) is 0 Å². The van der Waals surface area contributed by atoms with Crippen molar-refractivity contribution in [2.75, 3.05) is 18.0 Å². The molecule has 2 heterocycles. The second-order valence-electron chi connectivity index (χ2n) is 7.91. The van der Waals surface area contributed by atoms with Crippen LogP contribution in [0.25, 0.3) is 0 Å². The first-order valence-electron chi connectivity index (χ1n) is 10.2. The zero-order valence-corrected chi connectivity index (χ0v) is 17.3. The average molecular weight is 420 g/mol. The van der Waals surface area contributed by atoms with Crippen LogP contribution in [0.4, 0.5) is 10.5 Å². The number of benzene rings is 2. The number of urea groups is 1. The number of carbonyl (C=O) groups excluding carboxylic acids is 4. The van der Waals surface area contributed by atoms with Crippen LogP contribution in [0, 0.1) is 0 Å². The second kappa shape index (κ2) is 8.22. The topological polar surface area (TPSA) is 98.8 Å². The zero-order chi connectivity index (χ0) is 22.0. The van der Waals surface area contributed by atoms with Crippen molar-refractivity contribution in [2.45, 2.75) is 31.8 Å². The molecule has 0 spiro atoms. The molecule has 1 unspecified atom stereocenters. The first-order valence-corrected chi connectivity index (χ1v) is 10.2. The number of amides is 5. The van der Waals surface area contributed by atoms with E-state index in [9.17, 15) is 19.2 Å². The molecule has 0 aromatic heterocycles. The van der Waals surface area contributed by atoms with Gasteiger partial charge in [0.05, 0.1) is 0 Å². The van der Waals surface area contributed by atoms with Crippen LogP contribution in [0.15, 0.2) is 54.6 Å². The lowest BCUT2D eigenvalue weighted by atomic mass is 9.92. The Balaban J connectivity index is 1.38. The molecule has 2 fully saturated rings. The van der Waals surface area contributed by atoms with E-state index in [1.165, 1.54) is 0 Å². The summed E-state index contributed by atoms with van der Waals surface area (Å²) in [6, 6.07) is 15.8. The molecule has 2 aliphatic heterocycles. The Morgan fingerprint density at radius 2 is 1.87 bits per heavy atom. The van der Waals surface area contributed by atoms with E-state index in [-0.39, 0.29) is 19.0 Å².